The maximum atomic E-state index is 14.6. The van der Waals surface area contributed by atoms with Crippen LogP contribution in [0.15, 0.2) is 34.9 Å². The monoisotopic (exact) mass is 392 g/mol. The van der Waals surface area contributed by atoms with Crippen LogP contribution < -0.4 is 9.47 Å². The molecule has 28 heavy (non-hydrogen) atoms. The van der Waals surface area contributed by atoms with Crippen molar-refractivity contribution < 1.29 is 27.1 Å². The third kappa shape index (κ3) is 3.76. The predicted molar refractivity (Wildman–Crippen MR) is 96.1 cm³/mol. The van der Waals surface area contributed by atoms with Gasteiger partial charge >= 0.3 is 0 Å². The Morgan fingerprint density at radius 1 is 1.21 bits per heavy atom. The molecule has 1 unspecified atom stereocenters. The fraction of sp³-hybridized carbons (Fsp3) is 0.400. The van der Waals surface area contributed by atoms with Crippen LogP contribution in [0.3, 0.4) is 0 Å². The highest BCUT2D eigenvalue weighted by Gasteiger charge is 2.57. The van der Waals surface area contributed by atoms with Crippen LogP contribution in [-0.4, -0.2) is 29.1 Å². The minimum Gasteiger partial charge on any atom is -0.493 e. The van der Waals surface area contributed by atoms with E-state index >= 15 is 0 Å². The molecule has 148 valence electrons. The van der Waals surface area contributed by atoms with Gasteiger partial charge in [-0.15, -0.1) is 0 Å². The number of alkyl halides is 2. The van der Waals surface area contributed by atoms with Gasteiger partial charge in [0, 0.05) is 12.0 Å². The molecule has 1 aromatic carbocycles. The topological polar surface area (TPSA) is 57.4 Å². The second-order valence-corrected chi connectivity index (χ2v) is 7.31. The largest absolute Gasteiger partial charge is 0.493 e. The van der Waals surface area contributed by atoms with E-state index in [1.54, 1.807) is 24.3 Å². The van der Waals surface area contributed by atoms with Gasteiger partial charge in [-0.3, -0.25) is 0 Å². The minimum absolute atomic E-state index is 0.0226. The van der Waals surface area contributed by atoms with Crippen LogP contribution in [0.5, 0.6) is 11.6 Å². The highest BCUT2D eigenvalue weighted by atomic mass is 19.3. The van der Waals surface area contributed by atoms with Crippen molar-refractivity contribution in [3.8, 4) is 23.1 Å². The van der Waals surface area contributed by atoms with Crippen molar-refractivity contribution in [1.29, 1.82) is 0 Å². The van der Waals surface area contributed by atoms with Gasteiger partial charge < -0.3 is 13.9 Å². The SMILES string of the molecule is CC(C)COc1ncc2nc(-c3ccc(OCC4CC4(F)F)cc3)oc2c1F. The van der Waals surface area contributed by atoms with Gasteiger partial charge in [-0.2, -0.15) is 4.39 Å². The molecule has 1 saturated carbocycles. The molecule has 0 radical (unpaired) electrons. The van der Waals surface area contributed by atoms with Gasteiger partial charge in [0.15, 0.2) is 5.58 Å². The summed E-state index contributed by atoms with van der Waals surface area (Å²) in [5, 5.41) is 0. The molecule has 8 heteroatoms. The van der Waals surface area contributed by atoms with Gasteiger partial charge in [0.1, 0.15) is 11.3 Å². The molecule has 0 saturated heterocycles. The fourth-order valence-corrected chi connectivity index (χ4v) is 2.66. The van der Waals surface area contributed by atoms with Gasteiger partial charge in [-0.25, -0.2) is 18.7 Å². The molecule has 1 aliphatic rings. The first-order valence-electron chi connectivity index (χ1n) is 9.02. The van der Waals surface area contributed by atoms with E-state index in [1.807, 2.05) is 13.8 Å². The van der Waals surface area contributed by atoms with Crippen LogP contribution in [-0.2, 0) is 0 Å². The zero-order valence-electron chi connectivity index (χ0n) is 15.4. The summed E-state index contributed by atoms with van der Waals surface area (Å²) in [5.74, 6) is -3.21. The first-order valence-corrected chi connectivity index (χ1v) is 9.02. The zero-order chi connectivity index (χ0) is 19.9. The average Bonchev–Trinajstić information content (AvgIpc) is 3.07. The Kier molecular flexibility index (Phi) is 4.64. The summed E-state index contributed by atoms with van der Waals surface area (Å²) in [6, 6.07) is 6.62. The standard InChI is InChI=1S/C20H19F3N2O3/c1-11(2)9-27-19-16(21)17-15(8-24-19)25-18(28-17)12-3-5-14(6-4-12)26-10-13-7-20(13,22)23/h3-6,8,11,13H,7,9-10H2,1-2H3. The molecule has 1 aliphatic carbocycles. The van der Waals surface area contributed by atoms with E-state index in [-0.39, 0.29) is 41.8 Å². The van der Waals surface area contributed by atoms with E-state index in [9.17, 15) is 13.2 Å². The third-order valence-electron chi connectivity index (χ3n) is 4.41. The summed E-state index contributed by atoms with van der Waals surface area (Å²) in [6.45, 7) is 4.22. The molecule has 3 aromatic rings. The van der Waals surface area contributed by atoms with Crippen LogP contribution in [0.25, 0.3) is 22.6 Å². The highest BCUT2D eigenvalue weighted by Crippen LogP contribution is 2.48. The van der Waals surface area contributed by atoms with Crippen LogP contribution in [0.4, 0.5) is 13.2 Å². The Bertz CT molecular complexity index is 986. The lowest BCUT2D eigenvalue weighted by Gasteiger charge is -2.07. The molecule has 0 amide bonds. The lowest BCUT2D eigenvalue weighted by atomic mass is 10.2. The summed E-state index contributed by atoms with van der Waals surface area (Å²) in [7, 11) is 0. The van der Waals surface area contributed by atoms with Gasteiger partial charge in [0.2, 0.25) is 11.7 Å². The van der Waals surface area contributed by atoms with Crippen molar-refractivity contribution in [3.63, 3.8) is 0 Å². The average molecular weight is 392 g/mol. The molecular weight excluding hydrogens is 373 g/mol. The highest BCUT2D eigenvalue weighted by molar-refractivity contribution is 5.77. The van der Waals surface area contributed by atoms with Crippen molar-refractivity contribution in [2.75, 3.05) is 13.2 Å². The smallest absolute Gasteiger partial charge is 0.255 e. The summed E-state index contributed by atoms with van der Waals surface area (Å²) in [5.41, 5.74) is 0.852. The van der Waals surface area contributed by atoms with Crippen LogP contribution in [0.1, 0.15) is 20.3 Å². The molecule has 0 bridgehead atoms. The van der Waals surface area contributed by atoms with Gasteiger partial charge in [-0.1, -0.05) is 13.8 Å². The molecule has 4 rings (SSSR count). The van der Waals surface area contributed by atoms with Gasteiger partial charge in [0.25, 0.3) is 11.8 Å². The number of hydrogen-bond acceptors (Lipinski definition) is 5. The predicted octanol–water partition coefficient (Wildman–Crippen LogP) is 5.10. The number of hydrogen-bond donors (Lipinski definition) is 0. The molecular formula is C20H19F3N2O3. The second kappa shape index (κ2) is 7.00. The number of aromatic nitrogens is 2. The van der Waals surface area contributed by atoms with Crippen LogP contribution >= 0.6 is 0 Å². The van der Waals surface area contributed by atoms with E-state index in [1.165, 1.54) is 6.20 Å². The van der Waals surface area contributed by atoms with Crippen molar-refractivity contribution in [3.05, 3.63) is 36.3 Å². The summed E-state index contributed by atoms with van der Waals surface area (Å²) >= 11 is 0. The first kappa shape index (κ1) is 18.6. The van der Waals surface area contributed by atoms with Crippen molar-refractivity contribution in [2.45, 2.75) is 26.2 Å². The number of benzene rings is 1. The van der Waals surface area contributed by atoms with Crippen molar-refractivity contribution in [1.82, 2.24) is 9.97 Å². The Hall–Kier alpha value is -2.77. The number of halogens is 3. The lowest BCUT2D eigenvalue weighted by molar-refractivity contribution is 0.0856. The Balaban J connectivity index is 1.49. The molecule has 2 aromatic heterocycles. The normalized spacial score (nSPS) is 17.9. The number of rotatable bonds is 7. The number of pyridine rings is 1. The van der Waals surface area contributed by atoms with E-state index < -0.39 is 17.7 Å². The Morgan fingerprint density at radius 2 is 1.93 bits per heavy atom. The molecule has 0 N–H and O–H groups in total. The molecule has 1 atom stereocenters. The molecule has 2 heterocycles. The molecule has 5 nitrogen and oxygen atoms in total. The van der Waals surface area contributed by atoms with E-state index in [4.69, 9.17) is 13.9 Å². The lowest BCUT2D eigenvalue weighted by Crippen LogP contribution is -2.07. The van der Waals surface area contributed by atoms with Crippen LogP contribution in [0, 0.1) is 17.7 Å². The quantitative estimate of drug-likeness (QED) is 0.560. The maximum Gasteiger partial charge on any atom is 0.255 e. The van der Waals surface area contributed by atoms with Gasteiger partial charge in [-0.05, 0) is 30.2 Å². The minimum atomic E-state index is -2.60. The summed E-state index contributed by atoms with van der Waals surface area (Å²) in [4.78, 5) is 8.21. The molecule has 0 spiro atoms. The number of ether oxygens (including phenoxy) is 2. The molecule has 0 aliphatic heterocycles. The zero-order valence-corrected chi connectivity index (χ0v) is 15.4. The summed E-state index contributed by atoms with van der Waals surface area (Å²) in [6.07, 6.45) is 1.27. The number of fused-ring (bicyclic) bond motifs is 1. The third-order valence-corrected chi connectivity index (χ3v) is 4.41. The molecule has 1 fully saturated rings. The Labute approximate surface area is 159 Å². The Morgan fingerprint density at radius 3 is 2.57 bits per heavy atom. The van der Waals surface area contributed by atoms with E-state index in [0.717, 1.165) is 0 Å². The first-order chi connectivity index (χ1) is 13.3. The van der Waals surface area contributed by atoms with Crippen LogP contribution in [0.2, 0.25) is 0 Å². The van der Waals surface area contributed by atoms with Crippen molar-refractivity contribution in [2.24, 2.45) is 11.8 Å². The van der Waals surface area contributed by atoms with Crippen molar-refractivity contribution >= 4 is 11.1 Å². The van der Waals surface area contributed by atoms with E-state index in [0.29, 0.717) is 17.9 Å². The second-order valence-electron chi connectivity index (χ2n) is 7.31. The van der Waals surface area contributed by atoms with Gasteiger partial charge in [0.05, 0.1) is 25.3 Å². The summed E-state index contributed by atoms with van der Waals surface area (Å²) < 4.78 is 56.6. The fourth-order valence-electron chi connectivity index (χ4n) is 2.66. The number of oxazole rings is 1. The maximum absolute atomic E-state index is 14.6. The number of nitrogens with zero attached hydrogens (tertiary/aromatic N) is 2. The van der Waals surface area contributed by atoms with E-state index in [2.05, 4.69) is 9.97 Å².